The number of hydrogen-bond donors (Lipinski definition) is 1. The minimum Gasteiger partial charge on any atom is -0.334 e. The predicted octanol–water partition coefficient (Wildman–Crippen LogP) is 4.30. The highest BCUT2D eigenvalue weighted by Crippen LogP contribution is 2.30. The van der Waals surface area contributed by atoms with Gasteiger partial charge in [0.15, 0.2) is 5.17 Å². The van der Waals surface area contributed by atoms with Crippen LogP contribution in [0.5, 0.6) is 0 Å². The first-order valence-corrected chi connectivity index (χ1v) is 7.45. The van der Waals surface area contributed by atoms with Gasteiger partial charge in [-0.2, -0.15) is 0 Å². The summed E-state index contributed by atoms with van der Waals surface area (Å²) in [6.45, 7) is 7.49. The number of nitrogens with zero attached hydrogens (tertiary/aromatic N) is 1. The normalized spacial score (nSPS) is 18.7. The van der Waals surface area contributed by atoms with Crippen LogP contribution >= 0.6 is 27.7 Å². The minimum atomic E-state index is 0.320. The fourth-order valence-corrected chi connectivity index (χ4v) is 3.10. The molecule has 1 aromatic carbocycles. The highest BCUT2D eigenvalue weighted by atomic mass is 79.9. The first kappa shape index (κ1) is 13.0. The van der Waals surface area contributed by atoms with Gasteiger partial charge in [-0.1, -0.05) is 31.7 Å². The molecule has 1 aliphatic rings. The number of rotatable bonds is 1. The average Bonchev–Trinajstić information content (AvgIpc) is 2.25. The molecule has 17 heavy (non-hydrogen) atoms. The molecule has 0 radical (unpaired) electrons. The van der Waals surface area contributed by atoms with E-state index >= 15 is 0 Å². The lowest BCUT2D eigenvalue weighted by atomic mass is 9.97. The molecular formula is C13H17BrN2S. The van der Waals surface area contributed by atoms with E-state index in [1.165, 1.54) is 5.56 Å². The van der Waals surface area contributed by atoms with Crippen molar-refractivity contribution >= 4 is 38.5 Å². The van der Waals surface area contributed by atoms with Gasteiger partial charge in [0, 0.05) is 16.8 Å². The molecule has 0 bridgehead atoms. The van der Waals surface area contributed by atoms with Crippen LogP contribution < -0.4 is 5.32 Å². The molecule has 2 rings (SSSR count). The number of halogens is 1. The molecule has 1 aliphatic heterocycles. The maximum Gasteiger partial charge on any atom is 0.161 e. The molecule has 0 atom stereocenters. The van der Waals surface area contributed by atoms with Gasteiger partial charge in [0.1, 0.15) is 0 Å². The lowest BCUT2D eigenvalue weighted by Gasteiger charge is -2.27. The van der Waals surface area contributed by atoms with Crippen molar-refractivity contribution in [3.05, 3.63) is 28.2 Å². The number of aliphatic imine (C=N–C) groups is 1. The maximum absolute atomic E-state index is 4.59. The number of nitrogens with one attached hydrogen (secondary N) is 1. The van der Waals surface area contributed by atoms with E-state index in [1.807, 2.05) is 0 Å². The molecule has 0 spiro atoms. The highest BCUT2D eigenvalue weighted by molar-refractivity contribution is 9.10. The van der Waals surface area contributed by atoms with Crippen LogP contribution in [0, 0.1) is 12.3 Å². The van der Waals surface area contributed by atoms with Crippen LogP contribution in [0.25, 0.3) is 0 Å². The molecule has 0 unspecified atom stereocenters. The Hall–Kier alpha value is -0.480. The van der Waals surface area contributed by atoms with Gasteiger partial charge in [0.25, 0.3) is 0 Å². The summed E-state index contributed by atoms with van der Waals surface area (Å²) in [6.07, 6.45) is 0. The second-order valence-corrected chi connectivity index (χ2v) is 7.00. The van der Waals surface area contributed by atoms with Crippen LogP contribution in [-0.2, 0) is 0 Å². The summed E-state index contributed by atoms with van der Waals surface area (Å²) >= 11 is 5.37. The van der Waals surface area contributed by atoms with Crippen molar-refractivity contribution in [1.82, 2.24) is 0 Å². The molecule has 1 heterocycles. The fourth-order valence-electron chi connectivity index (χ4n) is 1.55. The maximum atomic E-state index is 4.59. The second kappa shape index (κ2) is 5.02. The zero-order valence-electron chi connectivity index (χ0n) is 10.4. The summed E-state index contributed by atoms with van der Waals surface area (Å²) in [5.74, 6) is 1.11. The van der Waals surface area contributed by atoms with Gasteiger partial charge >= 0.3 is 0 Å². The van der Waals surface area contributed by atoms with E-state index < -0.39 is 0 Å². The Morgan fingerprint density at radius 1 is 1.41 bits per heavy atom. The zero-order valence-corrected chi connectivity index (χ0v) is 12.8. The number of amidine groups is 1. The molecule has 0 aliphatic carbocycles. The SMILES string of the molecule is Cc1ccc(NC2=NCC(C)(C)CS2)c(Br)c1. The summed E-state index contributed by atoms with van der Waals surface area (Å²) in [5.41, 5.74) is 2.66. The minimum absolute atomic E-state index is 0.320. The van der Waals surface area contributed by atoms with E-state index in [4.69, 9.17) is 0 Å². The van der Waals surface area contributed by atoms with E-state index in [0.29, 0.717) is 5.41 Å². The smallest absolute Gasteiger partial charge is 0.161 e. The first-order chi connectivity index (χ1) is 7.96. The number of hydrogen-bond acceptors (Lipinski definition) is 3. The fraction of sp³-hybridized carbons (Fsp3) is 0.462. The molecule has 4 heteroatoms. The third-order valence-electron chi connectivity index (χ3n) is 2.62. The second-order valence-electron chi connectivity index (χ2n) is 5.18. The van der Waals surface area contributed by atoms with Crippen LogP contribution in [0.15, 0.2) is 27.7 Å². The lowest BCUT2D eigenvalue weighted by Crippen LogP contribution is -2.27. The van der Waals surface area contributed by atoms with Gasteiger partial charge in [0.05, 0.1) is 5.69 Å². The Labute approximate surface area is 115 Å². The number of benzene rings is 1. The Balaban J connectivity index is 2.09. The van der Waals surface area contributed by atoms with Crippen molar-refractivity contribution in [2.45, 2.75) is 20.8 Å². The molecule has 0 fully saturated rings. The summed E-state index contributed by atoms with van der Waals surface area (Å²) in [5, 5.41) is 4.40. The zero-order chi connectivity index (χ0) is 12.5. The van der Waals surface area contributed by atoms with Crippen LogP contribution in [-0.4, -0.2) is 17.5 Å². The quantitative estimate of drug-likeness (QED) is 0.836. The van der Waals surface area contributed by atoms with Gasteiger partial charge in [-0.15, -0.1) is 0 Å². The first-order valence-electron chi connectivity index (χ1n) is 5.67. The average molecular weight is 313 g/mol. The third-order valence-corrected chi connectivity index (χ3v) is 4.70. The molecule has 0 amide bonds. The van der Waals surface area contributed by atoms with Crippen molar-refractivity contribution in [3.63, 3.8) is 0 Å². The number of anilines is 1. The van der Waals surface area contributed by atoms with Crippen LogP contribution in [0.3, 0.4) is 0 Å². The van der Waals surface area contributed by atoms with Gasteiger partial charge in [-0.05, 0) is 46.0 Å². The standard InChI is InChI=1S/C13H17BrN2S/c1-9-4-5-11(10(14)6-9)16-12-15-7-13(2,3)8-17-12/h4-6H,7-8H2,1-3H3,(H,15,16). The predicted molar refractivity (Wildman–Crippen MR) is 81.0 cm³/mol. The van der Waals surface area contributed by atoms with Gasteiger partial charge < -0.3 is 5.32 Å². The van der Waals surface area contributed by atoms with Gasteiger partial charge in [0.2, 0.25) is 0 Å². The van der Waals surface area contributed by atoms with E-state index in [2.05, 4.69) is 65.2 Å². The van der Waals surface area contributed by atoms with Crippen molar-refractivity contribution in [1.29, 1.82) is 0 Å². The third kappa shape index (κ3) is 3.49. The summed E-state index contributed by atoms with van der Waals surface area (Å²) in [7, 11) is 0. The van der Waals surface area contributed by atoms with Gasteiger partial charge in [-0.3, -0.25) is 4.99 Å². The van der Waals surface area contributed by atoms with E-state index in [-0.39, 0.29) is 0 Å². The molecule has 0 saturated heterocycles. The van der Waals surface area contributed by atoms with E-state index in [1.54, 1.807) is 11.8 Å². The van der Waals surface area contributed by atoms with Gasteiger partial charge in [-0.25, -0.2) is 0 Å². The Morgan fingerprint density at radius 2 is 2.18 bits per heavy atom. The number of thioether (sulfide) groups is 1. The van der Waals surface area contributed by atoms with Crippen molar-refractivity contribution in [2.24, 2.45) is 10.4 Å². The molecule has 1 N–H and O–H groups in total. The molecule has 1 aromatic rings. The lowest BCUT2D eigenvalue weighted by molar-refractivity contribution is 0.438. The van der Waals surface area contributed by atoms with E-state index in [0.717, 1.165) is 27.6 Å². The molecular weight excluding hydrogens is 296 g/mol. The van der Waals surface area contributed by atoms with Crippen molar-refractivity contribution in [3.8, 4) is 0 Å². The molecule has 92 valence electrons. The molecule has 0 aromatic heterocycles. The molecule has 2 nitrogen and oxygen atoms in total. The Kier molecular flexibility index (Phi) is 3.83. The van der Waals surface area contributed by atoms with E-state index in [9.17, 15) is 0 Å². The topological polar surface area (TPSA) is 24.4 Å². The Morgan fingerprint density at radius 3 is 2.76 bits per heavy atom. The molecule has 0 saturated carbocycles. The summed E-state index contributed by atoms with van der Waals surface area (Å²) < 4.78 is 1.09. The highest BCUT2D eigenvalue weighted by Gasteiger charge is 2.23. The van der Waals surface area contributed by atoms with Crippen LogP contribution in [0.1, 0.15) is 19.4 Å². The monoisotopic (exact) mass is 312 g/mol. The van der Waals surface area contributed by atoms with Crippen molar-refractivity contribution < 1.29 is 0 Å². The van der Waals surface area contributed by atoms with Crippen molar-refractivity contribution in [2.75, 3.05) is 17.6 Å². The Bertz CT molecular complexity index is 455. The largest absolute Gasteiger partial charge is 0.334 e. The van der Waals surface area contributed by atoms with Crippen LogP contribution in [0.2, 0.25) is 0 Å². The number of aryl methyl sites for hydroxylation is 1. The van der Waals surface area contributed by atoms with Crippen LogP contribution in [0.4, 0.5) is 5.69 Å². The summed E-state index contributed by atoms with van der Waals surface area (Å²) in [4.78, 5) is 4.59. The summed E-state index contributed by atoms with van der Waals surface area (Å²) in [6, 6.07) is 6.30.